The average Bonchev–Trinajstić information content (AvgIpc) is 3.38. The number of halogens is 1. The van der Waals surface area contributed by atoms with Gasteiger partial charge >= 0.3 is 0 Å². The molecule has 2 heterocycles. The van der Waals surface area contributed by atoms with E-state index in [0.29, 0.717) is 18.5 Å². The topological polar surface area (TPSA) is 74.9 Å². The SMILES string of the molecule is CCNC(=NCc1coc(-c2ccc(C)cc2)n1)NCC1CCCN1CCOC.I. The van der Waals surface area contributed by atoms with Gasteiger partial charge in [-0.05, 0) is 45.4 Å². The van der Waals surface area contributed by atoms with Gasteiger partial charge in [0.1, 0.15) is 12.0 Å². The zero-order valence-corrected chi connectivity index (χ0v) is 20.5. The molecule has 0 spiro atoms. The van der Waals surface area contributed by atoms with Gasteiger partial charge in [0, 0.05) is 38.3 Å². The van der Waals surface area contributed by atoms with Gasteiger partial charge in [0.15, 0.2) is 5.96 Å². The Morgan fingerprint density at radius 2 is 2.10 bits per heavy atom. The molecule has 2 N–H and O–H groups in total. The molecule has 166 valence electrons. The van der Waals surface area contributed by atoms with E-state index < -0.39 is 0 Å². The summed E-state index contributed by atoms with van der Waals surface area (Å²) in [6.07, 6.45) is 4.13. The molecule has 30 heavy (non-hydrogen) atoms. The zero-order chi connectivity index (χ0) is 20.5. The van der Waals surface area contributed by atoms with E-state index in [1.54, 1.807) is 13.4 Å². The van der Waals surface area contributed by atoms with Crippen LogP contribution in [0.5, 0.6) is 0 Å². The van der Waals surface area contributed by atoms with Crippen molar-refractivity contribution in [1.82, 2.24) is 20.5 Å². The fourth-order valence-electron chi connectivity index (χ4n) is 3.55. The van der Waals surface area contributed by atoms with Crippen molar-refractivity contribution in [3.8, 4) is 11.5 Å². The molecule has 1 aromatic carbocycles. The van der Waals surface area contributed by atoms with Crippen LogP contribution < -0.4 is 10.6 Å². The van der Waals surface area contributed by atoms with E-state index in [0.717, 1.165) is 50.0 Å². The van der Waals surface area contributed by atoms with Crippen molar-refractivity contribution in [2.24, 2.45) is 4.99 Å². The van der Waals surface area contributed by atoms with Crippen LogP contribution in [0.1, 0.15) is 31.0 Å². The van der Waals surface area contributed by atoms with Crippen LogP contribution in [0.2, 0.25) is 0 Å². The smallest absolute Gasteiger partial charge is 0.226 e. The highest BCUT2D eigenvalue weighted by molar-refractivity contribution is 14.0. The van der Waals surface area contributed by atoms with Crippen molar-refractivity contribution in [2.45, 2.75) is 39.3 Å². The van der Waals surface area contributed by atoms with Crippen molar-refractivity contribution in [2.75, 3.05) is 39.9 Å². The fourth-order valence-corrected chi connectivity index (χ4v) is 3.55. The number of rotatable bonds is 9. The summed E-state index contributed by atoms with van der Waals surface area (Å²) >= 11 is 0. The summed E-state index contributed by atoms with van der Waals surface area (Å²) in [6.45, 7) is 9.21. The fraction of sp³-hybridized carbons (Fsp3) is 0.545. The second-order valence-corrected chi connectivity index (χ2v) is 7.41. The van der Waals surface area contributed by atoms with E-state index in [1.165, 1.54) is 18.4 Å². The Bertz CT molecular complexity index is 778. The van der Waals surface area contributed by atoms with Gasteiger partial charge in [0.05, 0.1) is 13.2 Å². The number of nitrogens with one attached hydrogen (secondary N) is 2. The van der Waals surface area contributed by atoms with Crippen LogP contribution in [0.15, 0.2) is 39.9 Å². The first kappa shape index (κ1) is 24.6. The van der Waals surface area contributed by atoms with Crippen LogP contribution >= 0.6 is 24.0 Å². The molecule has 3 rings (SSSR count). The molecule has 1 fully saturated rings. The van der Waals surface area contributed by atoms with Crippen molar-refractivity contribution < 1.29 is 9.15 Å². The van der Waals surface area contributed by atoms with E-state index in [-0.39, 0.29) is 24.0 Å². The van der Waals surface area contributed by atoms with E-state index in [2.05, 4.69) is 51.5 Å². The molecule has 0 bridgehead atoms. The second kappa shape index (κ2) is 12.9. The Morgan fingerprint density at radius 1 is 1.30 bits per heavy atom. The van der Waals surface area contributed by atoms with Gasteiger partial charge < -0.3 is 19.8 Å². The molecule has 0 saturated carbocycles. The van der Waals surface area contributed by atoms with Gasteiger partial charge in [-0.15, -0.1) is 24.0 Å². The summed E-state index contributed by atoms with van der Waals surface area (Å²) in [4.78, 5) is 11.7. The van der Waals surface area contributed by atoms with Gasteiger partial charge in [-0.25, -0.2) is 9.98 Å². The third-order valence-corrected chi connectivity index (χ3v) is 5.18. The molecule has 0 radical (unpaired) electrons. The van der Waals surface area contributed by atoms with E-state index >= 15 is 0 Å². The zero-order valence-electron chi connectivity index (χ0n) is 18.2. The Morgan fingerprint density at radius 3 is 2.83 bits per heavy atom. The van der Waals surface area contributed by atoms with Gasteiger partial charge in [0.25, 0.3) is 0 Å². The number of nitrogens with zero attached hydrogens (tertiary/aromatic N) is 3. The van der Waals surface area contributed by atoms with E-state index in [1.807, 2.05) is 12.1 Å². The maximum absolute atomic E-state index is 5.64. The number of aromatic nitrogens is 1. The lowest BCUT2D eigenvalue weighted by Gasteiger charge is -2.25. The lowest BCUT2D eigenvalue weighted by atomic mass is 10.1. The minimum absolute atomic E-state index is 0. The number of benzene rings is 1. The number of guanidine groups is 1. The van der Waals surface area contributed by atoms with Gasteiger partial charge in [0.2, 0.25) is 5.89 Å². The van der Waals surface area contributed by atoms with Gasteiger partial charge in [-0.2, -0.15) is 0 Å². The van der Waals surface area contributed by atoms with Crippen molar-refractivity contribution in [1.29, 1.82) is 0 Å². The molecule has 0 aliphatic carbocycles. The number of methoxy groups -OCH3 is 1. The monoisotopic (exact) mass is 527 g/mol. The standard InChI is InChI=1S/C22H33N5O2.HI/c1-4-23-22(25-15-20-6-5-11-27(20)12-13-28-3)24-14-19-16-29-21(26-19)18-9-7-17(2)8-10-18;/h7-10,16,20H,4-6,11-15H2,1-3H3,(H2,23,24,25);1H. The lowest BCUT2D eigenvalue weighted by Crippen LogP contribution is -2.45. The molecule has 7 nitrogen and oxygen atoms in total. The number of oxazole rings is 1. The molecule has 1 unspecified atom stereocenters. The first-order valence-electron chi connectivity index (χ1n) is 10.5. The predicted molar refractivity (Wildman–Crippen MR) is 131 cm³/mol. The number of likely N-dealkylation sites (tertiary alicyclic amines) is 1. The van der Waals surface area contributed by atoms with Gasteiger partial charge in [-0.1, -0.05) is 17.7 Å². The minimum Gasteiger partial charge on any atom is -0.444 e. The normalized spacial score (nSPS) is 17.0. The van der Waals surface area contributed by atoms with Crippen LogP contribution in [0.3, 0.4) is 0 Å². The highest BCUT2D eigenvalue weighted by Crippen LogP contribution is 2.19. The molecule has 1 aliphatic heterocycles. The van der Waals surface area contributed by atoms with Crippen LogP contribution in [-0.2, 0) is 11.3 Å². The molecule has 1 aromatic heterocycles. The highest BCUT2D eigenvalue weighted by atomic mass is 127. The van der Waals surface area contributed by atoms with E-state index in [4.69, 9.17) is 9.15 Å². The van der Waals surface area contributed by atoms with Crippen LogP contribution in [0.25, 0.3) is 11.5 Å². The van der Waals surface area contributed by atoms with Crippen molar-refractivity contribution in [3.05, 3.63) is 41.8 Å². The summed E-state index contributed by atoms with van der Waals surface area (Å²) in [6, 6.07) is 8.69. The summed E-state index contributed by atoms with van der Waals surface area (Å²) < 4.78 is 10.9. The number of ether oxygens (including phenoxy) is 1. The maximum atomic E-state index is 5.64. The van der Waals surface area contributed by atoms with Crippen molar-refractivity contribution >= 4 is 29.9 Å². The number of hydrogen-bond acceptors (Lipinski definition) is 5. The van der Waals surface area contributed by atoms with E-state index in [9.17, 15) is 0 Å². The van der Waals surface area contributed by atoms with Crippen LogP contribution in [-0.4, -0.2) is 61.8 Å². The Kier molecular flexibility index (Phi) is 10.6. The first-order valence-corrected chi connectivity index (χ1v) is 10.5. The van der Waals surface area contributed by atoms with Crippen molar-refractivity contribution in [3.63, 3.8) is 0 Å². The quantitative estimate of drug-likeness (QED) is 0.296. The molecule has 8 heteroatoms. The third-order valence-electron chi connectivity index (χ3n) is 5.18. The summed E-state index contributed by atoms with van der Waals surface area (Å²) in [5.74, 6) is 1.44. The Balaban J connectivity index is 0.00000320. The summed E-state index contributed by atoms with van der Waals surface area (Å²) in [5, 5.41) is 6.80. The minimum atomic E-state index is 0. The average molecular weight is 527 g/mol. The summed E-state index contributed by atoms with van der Waals surface area (Å²) in [5.41, 5.74) is 3.02. The van der Waals surface area contributed by atoms with Crippen LogP contribution in [0.4, 0.5) is 0 Å². The first-order chi connectivity index (χ1) is 14.2. The molecular weight excluding hydrogens is 493 g/mol. The summed E-state index contributed by atoms with van der Waals surface area (Å²) in [7, 11) is 1.76. The predicted octanol–water partition coefficient (Wildman–Crippen LogP) is 3.43. The third kappa shape index (κ3) is 7.24. The maximum Gasteiger partial charge on any atom is 0.226 e. The molecule has 1 atom stereocenters. The Hall–Kier alpha value is -1.65. The molecule has 1 aliphatic rings. The number of aliphatic imine (C=N–C) groups is 1. The molecular formula is C22H34IN5O2. The molecule has 1 saturated heterocycles. The molecule has 2 aromatic rings. The lowest BCUT2D eigenvalue weighted by molar-refractivity contribution is 0.141. The Labute approximate surface area is 196 Å². The number of aryl methyl sites for hydroxylation is 1. The van der Waals surface area contributed by atoms with Crippen LogP contribution in [0, 0.1) is 6.92 Å². The molecule has 0 amide bonds. The second-order valence-electron chi connectivity index (χ2n) is 7.41. The largest absolute Gasteiger partial charge is 0.444 e. The number of hydrogen-bond donors (Lipinski definition) is 2. The van der Waals surface area contributed by atoms with Gasteiger partial charge in [-0.3, -0.25) is 4.90 Å². The highest BCUT2D eigenvalue weighted by Gasteiger charge is 2.23.